The topological polar surface area (TPSA) is 46.5 Å². The Balaban J connectivity index is 0. The van der Waals surface area contributed by atoms with Gasteiger partial charge in [-0.25, -0.2) is 0 Å². The molecule has 40 valence electrons. The molecule has 3 nitrogen and oxygen atoms in total. The first-order valence-corrected chi connectivity index (χ1v) is 1.62. The van der Waals surface area contributed by atoms with E-state index in [1.165, 1.54) is 0 Å². The van der Waals surface area contributed by atoms with Crippen LogP contribution < -0.4 is 58.2 Å². The van der Waals surface area contributed by atoms with E-state index in [2.05, 4.69) is 11.3 Å². The number of hydrogen-bond donors (Lipinski definition) is 1. The molecule has 0 aliphatic rings. The van der Waals surface area contributed by atoms with E-state index in [4.69, 9.17) is 5.11 Å². The van der Waals surface area contributed by atoms with Crippen molar-refractivity contribution in [3.63, 3.8) is 0 Å². The van der Waals surface area contributed by atoms with Crippen LogP contribution in [-0.2, 0) is 9.53 Å². The van der Waals surface area contributed by atoms with E-state index in [1.54, 1.807) is 0 Å². The number of carbonyl (C=O) groups is 1. The number of esters is 1. The van der Waals surface area contributed by atoms with Crippen LogP contribution in [0.1, 0.15) is 0 Å². The van der Waals surface area contributed by atoms with Crippen LogP contribution in [0.4, 0.5) is 0 Å². The third kappa shape index (κ3) is 6.98. The number of ether oxygens (including phenoxy) is 1. The van der Waals surface area contributed by atoms with Gasteiger partial charge in [0.2, 0.25) is 0 Å². The molecule has 0 aromatic heterocycles. The monoisotopic (exact) mass is 186 g/mol. The maximum Gasteiger partial charge on any atom is 1.00 e. The Kier molecular flexibility index (Phi) is 11.7. The van der Waals surface area contributed by atoms with E-state index in [-0.39, 0.29) is 58.2 Å². The Morgan fingerprint density at radius 2 is 2.38 bits per heavy atom. The predicted molar refractivity (Wildman–Crippen MR) is 22.0 cm³/mol. The van der Waals surface area contributed by atoms with Crippen molar-refractivity contribution in [2.24, 2.45) is 0 Å². The smallest absolute Gasteiger partial charge is 0.464 e. The Labute approximate surface area is 96.5 Å². The SMILES string of the molecule is C=[C-]C(=O)OCO.[Rb+]. The molecule has 0 amide bonds. The molecule has 0 spiro atoms. The average Bonchev–Trinajstić information content (AvgIpc) is 1.68. The largest absolute Gasteiger partial charge is 1.00 e. The molecule has 0 fully saturated rings. The van der Waals surface area contributed by atoms with Crippen molar-refractivity contribution < 1.29 is 72.8 Å². The molecule has 0 radical (unpaired) electrons. The van der Waals surface area contributed by atoms with Gasteiger partial charge in [0.1, 0.15) is 5.97 Å². The molecule has 0 aliphatic carbocycles. The van der Waals surface area contributed by atoms with E-state index in [9.17, 15) is 4.79 Å². The Morgan fingerprint density at radius 3 is 2.50 bits per heavy atom. The summed E-state index contributed by atoms with van der Waals surface area (Å²) in [6.45, 7) is 2.36. The van der Waals surface area contributed by atoms with Gasteiger partial charge in [0, 0.05) is 0 Å². The summed E-state index contributed by atoms with van der Waals surface area (Å²) in [5.41, 5.74) is 0. The molecule has 0 rings (SSSR count). The quantitative estimate of drug-likeness (QED) is 0.211. The van der Waals surface area contributed by atoms with Crippen LogP contribution in [-0.4, -0.2) is 17.9 Å². The van der Waals surface area contributed by atoms with Crippen molar-refractivity contribution in [3.05, 3.63) is 12.7 Å². The molecule has 8 heavy (non-hydrogen) atoms. The zero-order valence-corrected chi connectivity index (χ0v) is 9.59. The first-order valence-electron chi connectivity index (χ1n) is 1.62. The number of aliphatic hydroxyl groups is 1. The molecule has 0 saturated carbocycles. The zero-order valence-electron chi connectivity index (χ0n) is 4.68. The van der Waals surface area contributed by atoms with Crippen LogP contribution in [0.15, 0.2) is 6.58 Å². The van der Waals surface area contributed by atoms with Gasteiger partial charge in [0.25, 0.3) is 0 Å². The molecule has 0 atom stereocenters. The van der Waals surface area contributed by atoms with E-state index in [0.717, 1.165) is 0 Å². The molecular weight excluding hydrogens is 182 g/mol. The Hall–Kier alpha value is 0.975. The summed E-state index contributed by atoms with van der Waals surface area (Å²) < 4.78 is 3.93. The Bertz CT molecular complexity index is 81.4. The van der Waals surface area contributed by atoms with Crippen molar-refractivity contribution in [1.82, 2.24) is 0 Å². The summed E-state index contributed by atoms with van der Waals surface area (Å²) in [5.74, 6) is -0.734. The molecule has 0 aliphatic heterocycles. The number of carbonyl (C=O) groups excluding carboxylic acids is 1. The van der Waals surface area contributed by atoms with Crippen molar-refractivity contribution in [2.45, 2.75) is 0 Å². The van der Waals surface area contributed by atoms with Crippen LogP contribution in [0.3, 0.4) is 0 Å². The third-order valence-corrected chi connectivity index (χ3v) is 0.340. The van der Waals surface area contributed by atoms with Gasteiger partial charge in [-0.1, -0.05) is 0 Å². The van der Waals surface area contributed by atoms with Gasteiger partial charge >= 0.3 is 58.2 Å². The van der Waals surface area contributed by atoms with Gasteiger partial charge in [0.15, 0.2) is 6.79 Å². The van der Waals surface area contributed by atoms with Crippen molar-refractivity contribution >= 4 is 5.97 Å². The summed E-state index contributed by atoms with van der Waals surface area (Å²) in [7, 11) is 0. The van der Waals surface area contributed by atoms with Crippen molar-refractivity contribution in [1.29, 1.82) is 0 Å². The van der Waals surface area contributed by atoms with Crippen LogP contribution in [0.25, 0.3) is 0 Å². The van der Waals surface area contributed by atoms with Gasteiger partial charge in [-0.05, 0) is 0 Å². The number of aliphatic hydroxyl groups excluding tert-OH is 1. The molecule has 0 saturated heterocycles. The van der Waals surface area contributed by atoms with Crippen molar-refractivity contribution in [2.75, 3.05) is 6.79 Å². The third-order valence-electron chi connectivity index (χ3n) is 0.340. The van der Waals surface area contributed by atoms with Crippen LogP contribution in [0.5, 0.6) is 0 Å². The zero-order chi connectivity index (χ0) is 5.70. The standard InChI is InChI=1S/C4H5O3.Rb/c1-2-4(6)7-3-5;/h5H,1,3H2;/q-1;+1. The van der Waals surface area contributed by atoms with Gasteiger partial charge in [-0.2, -0.15) is 0 Å². The predicted octanol–water partition coefficient (Wildman–Crippen LogP) is -3.53. The fourth-order valence-electron chi connectivity index (χ4n) is 0.110. The molecule has 0 aromatic rings. The van der Waals surface area contributed by atoms with Gasteiger partial charge in [-0.15, -0.1) is 0 Å². The van der Waals surface area contributed by atoms with Crippen LogP contribution in [0, 0.1) is 6.08 Å². The van der Waals surface area contributed by atoms with Gasteiger partial charge in [-0.3, -0.25) is 11.4 Å². The molecule has 0 unspecified atom stereocenters. The summed E-state index contributed by atoms with van der Waals surface area (Å²) in [5, 5.41) is 7.86. The van der Waals surface area contributed by atoms with E-state index >= 15 is 0 Å². The van der Waals surface area contributed by atoms with Crippen molar-refractivity contribution in [3.8, 4) is 0 Å². The molecule has 0 heterocycles. The molecule has 0 bridgehead atoms. The van der Waals surface area contributed by atoms with Crippen LogP contribution in [0.2, 0.25) is 0 Å². The summed E-state index contributed by atoms with van der Waals surface area (Å²) in [4.78, 5) is 9.86. The second kappa shape index (κ2) is 7.98. The average molecular weight is 187 g/mol. The number of rotatable bonds is 2. The first-order chi connectivity index (χ1) is 3.31. The summed E-state index contributed by atoms with van der Waals surface area (Å²) in [6.07, 6.45) is 1.89. The van der Waals surface area contributed by atoms with Gasteiger partial charge < -0.3 is 15.9 Å². The molecule has 1 N–H and O–H groups in total. The maximum atomic E-state index is 9.86. The maximum absolute atomic E-state index is 9.86. The normalized spacial score (nSPS) is 6.62. The second-order valence-electron chi connectivity index (χ2n) is 0.738. The minimum atomic E-state index is -0.734. The van der Waals surface area contributed by atoms with E-state index < -0.39 is 12.8 Å². The summed E-state index contributed by atoms with van der Waals surface area (Å²) in [6, 6.07) is 0. The first kappa shape index (κ1) is 11.7. The van der Waals surface area contributed by atoms with Crippen LogP contribution >= 0.6 is 0 Å². The molecule has 0 aromatic carbocycles. The fourth-order valence-corrected chi connectivity index (χ4v) is 0.110. The number of hydrogen-bond acceptors (Lipinski definition) is 3. The second-order valence-corrected chi connectivity index (χ2v) is 0.738. The Morgan fingerprint density at radius 1 is 1.88 bits per heavy atom. The fraction of sp³-hybridized carbons (Fsp3) is 0.250. The van der Waals surface area contributed by atoms with E-state index in [0.29, 0.717) is 0 Å². The van der Waals surface area contributed by atoms with Gasteiger partial charge in [0.05, 0.1) is 0 Å². The minimum Gasteiger partial charge on any atom is -0.464 e. The molecular formula is C4H5O3Rb. The summed E-state index contributed by atoms with van der Waals surface area (Å²) >= 11 is 0. The van der Waals surface area contributed by atoms with E-state index in [1.807, 2.05) is 6.08 Å². The molecule has 4 heteroatoms. The minimum absolute atomic E-state index is 0.